The van der Waals surface area contributed by atoms with Gasteiger partial charge in [0.1, 0.15) is 0 Å². The molecule has 0 fully saturated rings. The van der Waals surface area contributed by atoms with Crippen LogP contribution in [0.3, 0.4) is 0 Å². The molecule has 48 valence electrons. The van der Waals surface area contributed by atoms with Gasteiger partial charge in [0.2, 0.25) is 0 Å². The Labute approximate surface area is 59.3 Å². The molecule has 0 saturated heterocycles. The lowest BCUT2D eigenvalue weighted by atomic mass is 10.5. The number of hydrogen-bond donors (Lipinski definition) is 1. The lowest BCUT2D eigenvalue weighted by molar-refractivity contribution is 0.764. The predicted octanol–water partition coefficient (Wildman–Crippen LogP) is 2.24. The largest absolute Gasteiger partial charge is 0.379 e. The third kappa shape index (κ3) is 4.19. The van der Waals surface area contributed by atoms with Crippen LogP contribution < -0.4 is 5.32 Å². The topological polar surface area (TPSA) is 12.0 Å². The third-order valence-corrected chi connectivity index (χ3v) is 1.71. The maximum atomic E-state index is 3.42. The van der Waals surface area contributed by atoms with Gasteiger partial charge in [0.25, 0.3) is 0 Å². The summed E-state index contributed by atoms with van der Waals surface area (Å²) < 4.78 is 0. The van der Waals surface area contributed by atoms with E-state index in [9.17, 15) is 0 Å². The molecule has 0 aromatic heterocycles. The van der Waals surface area contributed by atoms with Crippen LogP contribution in [-0.4, -0.2) is 4.95 Å². The summed E-state index contributed by atoms with van der Waals surface area (Å²) in [6.07, 6.45) is 5.01. The fraction of sp³-hybridized carbons (Fsp3) is 0.667. The van der Waals surface area contributed by atoms with E-state index in [2.05, 4.69) is 28.2 Å². The van der Waals surface area contributed by atoms with Crippen LogP contribution >= 0.6 is 15.9 Å². The van der Waals surface area contributed by atoms with Crippen molar-refractivity contribution in [1.29, 1.82) is 0 Å². The molecule has 0 rings (SSSR count). The zero-order chi connectivity index (χ0) is 6.41. The minimum absolute atomic E-state index is 0.429. The highest BCUT2D eigenvalue weighted by Gasteiger charge is 1.91. The molecule has 0 aliphatic carbocycles. The summed E-state index contributed by atoms with van der Waals surface area (Å²) in [7, 11) is 0. The van der Waals surface area contributed by atoms with Crippen LogP contribution in [0, 0.1) is 0 Å². The predicted molar refractivity (Wildman–Crippen MR) is 41.0 cm³/mol. The van der Waals surface area contributed by atoms with Crippen LogP contribution in [0.5, 0.6) is 0 Å². The van der Waals surface area contributed by atoms with E-state index in [0.29, 0.717) is 4.95 Å². The van der Waals surface area contributed by atoms with Gasteiger partial charge in [-0.2, -0.15) is 0 Å². The van der Waals surface area contributed by atoms with Gasteiger partial charge in [-0.3, -0.25) is 0 Å². The molecular weight excluding hydrogens is 166 g/mol. The fourth-order valence-electron chi connectivity index (χ4n) is 0.318. The van der Waals surface area contributed by atoms with Crippen LogP contribution in [0.4, 0.5) is 0 Å². The first-order chi connectivity index (χ1) is 3.81. The van der Waals surface area contributed by atoms with Gasteiger partial charge in [-0.1, -0.05) is 28.9 Å². The minimum atomic E-state index is 0.429. The van der Waals surface area contributed by atoms with Gasteiger partial charge in [0.15, 0.2) is 0 Å². The van der Waals surface area contributed by atoms with Gasteiger partial charge in [-0.25, -0.2) is 0 Å². The highest BCUT2D eigenvalue weighted by molar-refractivity contribution is 9.09. The van der Waals surface area contributed by atoms with E-state index >= 15 is 0 Å². The number of nitrogens with one attached hydrogen (secondary N) is 1. The standard InChI is InChI=1S/C6H12BrN/c1-3-5-8-6(7)4-2/h3,5-6,8H,4H2,1-2H3/b5-3-. The van der Waals surface area contributed by atoms with Crippen molar-refractivity contribution >= 4 is 15.9 Å². The summed E-state index contributed by atoms with van der Waals surface area (Å²) in [6, 6.07) is 0. The molecule has 0 aromatic carbocycles. The molecule has 0 spiro atoms. The van der Waals surface area contributed by atoms with E-state index < -0.39 is 0 Å². The van der Waals surface area contributed by atoms with Crippen molar-refractivity contribution in [2.45, 2.75) is 25.2 Å². The summed E-state index contributed by atoms with van der Waals surface area (Å²) >= 11 is 3.42. The maximum Gasteiger partial charge on any atom is 0.0810 e. The Kier molecular flexibility index (Phi) is 5.18. The van der Waals surface area contributed by atoms with Crippen molar-refractivity contribution < 1.29 is 0 Å². The fourth-order valence-corrected chi connectivity index (χ4v) is 0.471. The van der Waals surface area contributed by atoms with E-state index in [1.54, 1.807) is 0 Å². The summed E-state index contributed by atoms with van der Waals surface area (Å²) in [5.74, 6) is 0. The molecule has 0 amide bonds. The van der Waals surface area contributed by atoms with Crippen LogP contribution in [0.15, 0.2) is 12.3 Å². The van der Waals surface area contributed by atoms with Gasteiger partial charge in [-0.15, -0.1) is 0 Å². The van der Waals surface area contributed by atoms with E-state index in [1.165, 1.54) is 0 Å². The van der Waals surface area contributed by atoms with Crippen LogP contribution in [0.25, 0.3) is 0 Å². The first kappa shape index (κ1) is 8.02. The van der Waals surface area contributed by atoms with Crippen LogP contribution in [0.2, 0.25) is 0 Å². The van der Waals surface area contributed by atoms with Gasteiger partial charge in [-0.05, 0) is 19.5 Å². The summed E-state index contributed by atoms with van der Waals surface area (Å²) in [5, 5.41) is 3.12. The quantitative estimate of drug-likeness (QED) is 0.516. The Morgan fingerprint density at radius 3 is 2.75 bits per heavy atom. The molecule has 0 heterocycles. The Morgan fingerprint density at radius 2 is 2.38 bits per heavy atom. The lowest BCUT2D eigenvalue weighted by Gasteiger charge is -2.03. The SMILES string of the molecule is C/C=C\NC(Br)CC. The molecule has 0 aliphatic heterocycles. The second kappa shape index (κ2) is 5.16. The summed E-state index contributed by atoms with van der Waals surface area (Å²) in [5.41, 5.74) is 0. The third-order valence-electron chi connectivity index (χ3n) is 0.802. The molecule has 1 unspecified atom stereocenters. The smallest absolute Gasteiger partial charge is 0.0810 e. The molecule has 0 bridgehead atoms. The van der Waals surface area contributed by atoms with Crippen molar-refractivity contribution in [2.75, 3.05) is 0 Å². The normalized spacial score (nSPS) is 14.4. The molecule has 1 nitrogen and oxygen atoms in total. The molecule has 8 heavy (non-hydrogen) atoms. The summed E-state index contributed by atoms with van der Waals surface area (Å²) in [6.45, 7) is 4.11. The van der Waals surface area contributed by atoms with E-state index in [0.717, 1.165) is 6.42 Å². The van der Waals surface area contributed by atoms with Crippen molar-refractivity contribution in [3.8, 4) is 0 Å². The zero-order valence-corrected chi connectivity index (χ0v) is 6.90. The molecule has 0 radical (unpaired) electrons. The number of allylic oxidation sites excluding steroid dienone is 1. The Morgan fingerprint density at radius 1 is 1.75 bits per heavy atom. The minimum Gasteiger partial charge on any atom is -0.379 e. The van der Waals surface area contributed by atoms with Crippen molar-refractivity contribution in [1.82, 2.24) is 5.32 Å². The van der Waals surface area contributed by atoms with Gasteiger partial charge in [0.05, 0.1) is 4.95 Å². The number of rotatable bonds is 3. The molecule has 0 aromatic rings. The second-order valence-electron chi connectivity index (χ2n) is 1.54. The van der Waals surface area contributed by atoms with Crippen molar-refractivity contribution in [2.24, 2.45) is 0 Å². The monoisotopic (exact) mass is 177 g/mol. The molecule has 0 aliphatic rings. The Balaban J connectivity index is 3.10. The van der Waals surface area contributed by atoms with Crippen LogP contribution in [-0.2, 0) is 0 Å². The van der Waals surface area contributed by atoms with E-state index in [4.69, 9.17) is 0 Å². The summed E-state index contributed by atoms with van der Waals surface area (Å²) in [4.78, 5) is 0.429. The first-order valence-electron chi connectivity index (χ1n) is 2.82. The van der Waals surface area contributed by atoms with Crippen molar-refractivity contribution in [3.63, 3.8) is 0 Å². The second-order valence-corrected chi connectivity index (χ2v) is 2.65. The number of alkyl halides is 1. The van der Waals surface area contributed by atoms with Gasteiger partial charge >= 0.3 is 0 Å². The van der Waals surface area contributed by atoms with Gasteiger partial charge < -0.3 is 5.32 Å². The first-order valence-corrected chi connectivity index (χ1v) is 3.74. The zero-order valence-electron chi connectivity index (χ0n) is 5.32. The molecule has 1 N–H and O–H groups in total. The Hall–Kier alpha value is 0.0200. The molecule has 0 saturated carbocycles. The molecular formula is C6H12BrN. The molecule has 2 heteroatoms. The van der Waals surface area contributed by atoms with Gasteiger partial charge in [0, 0.05) is 0 Å². The average Bonchev–Trinajstić information content (AvgIpc) is 1.83. The maximum absolute atomic E-state index is 3.42. The molecule has 1 atom stereocenters. The highest BCUT2D eigenvalue weighted by Crippen LogP contribution is 1.97. The highest BCUT2D eigenvalue weighted by atomic mass is 79.9. The Bertz CT molecular complexity index is 70.9. The van der Waals surface area contributed by atoms with Crippen molar-refractivity contribution in [3.05, 3.63) is 12.3 Å². The van der Waals surface area contributed by atoms with Crippen LogP contribution in [0.1, 0.15) is 20.3 Å². The lowest BCUT2D eigenvalue weighted by Crippen LogP contribution is -2.14. The number of hydrogen-bond acceptors (Lipinski definition) is 1. The van der Waals surface area contributed by atoms with E-state index in [-0.39, 0.29) is 0 Å². The number of halogens is 1. The van der Waals surface area contributed by atoms with E-state index in [1.807, 2.05) is 19.2 Å². The average molecular weight is 178 g/mol.